The third-order valence-electron chi connectivity index (χ3n) is 1.43. The topological polar surface area (TPSA) is 8.72 Å². The number of halogens is 1. The van der Waals surface area contributed by atoms with Gasteiger partial charge in [0.25, 0.3) is 0 Å². The molecule has 12 heavy (non-hydrogen) atoms. The van der Waals surface area contributed by atoms with Crippen molar-refractivity contribution in [3.05, 3.63) is 52.4 Å². The summed E-state index contributed by atoms with van der Waals surface area (Å²) in [6.45, 7) is 13.2. The van der Waals surface area contributed by atoms with Crippen LogP contribution in [0.5, 0.6) is 0 Å². The molecular weight excluding hydrogens is 155 g/mol. The van der Waals surface area contributed by atoms with Crippen molar-refractivity contribution >= 4 is 5.69 Å². The Morgan fingerprint density at radius 2 is 2.08 bits per heavy atom. The third kappa shape index (κ3) is 1.41. The van der Waals surface area contributed by atoms with E-state index in [9.17, 15) is 4.39 Å². The number of benzene rings is 1. The third-order valence-corrected chi connectivity index (χ3v) is 1.43. The Balaban J connectivity index is 3.18. The highest BCUT2D eigenvalue weighted by atomic mass is 19.1. The highest BCUT2D eigenvalue weighted by Crippen LogP contribution is 2.21. The molecule has 0 spiro atoms. The normalized spacial score (nSPS) is 8.58. The molecular formula is C9H5FN2. The average molecular weight is 160 g/mol. The van der Waals surface area contributed by atoms with Gasteiger partial charge in [-0.05, 0) is 0 Å². The molecule has 58 valence electrons. The zero-order valence-electron chi connectivity index (χ0n) is 6.21. The van der Waals surface area contributed by atoms with E-state index < -0.39 is 5.82 Å². The van der Waals surface area contributed by atoms with Crippen LogP contribution in [0.3, 0.4) is 0 Å². The summed E-state index contributed by atoms with van der Waals surface area (Å²) in [7, 11) is 0. The van der Waals surface area contributed by atoms with Crippen molar-refractivity contribution in [3.63, 3.8) is 0 Å². The van der Waals surface area contributed by atoms with E-state index in [-0.39, 0.29) is 12.2 Å². The van der Waals surface area contributed by atoms with Crippen molar-refractivity contribution in [2.45, 2.75) is 6.54 Å². The molecule has 0 bridgehead atoms. The second kappa shape index (κ2) is 3.50. The molecule has 0 saturated heterocycles. The molecule has 0 saturated carbocycles. The van der Waals surface area contributed by atoms with Crippen molar-refractivity contribution in [1.29, 1.82) is 0 Å². The molecule has 0 aliphatic rings. The van der Waals surface area contributed by atoms with Crippen LogP contribution in [0.1, 0.15) is 5.56 Å². The van der Waals surface area contributed by atoms with Crippen molar-refractivity contribution in [1.82, 2.24) is 0 Å². The van der Waals surface area contributed by atoms with Crippen molar-refractivity contribution in [2.24, 2.45) is 0 Å². The van der Waals surface area contributed by atoms with E-state index in [4.69, 9.17) is 13.1 Å². The Bertz CT molecular complexity index is 371. The second-order valence-corrected chi connectivity index (χ2v) is 2.18. The van der Waals surface area contributed by atoms with Crippen LogP contribution in [0.2, 0.25) is 0 Å². The van der Waals surface area contributed by atoms with E-state index in [0.717, 1.165) is 0 Å². The summed E-state index contributed by atoms with van der Waals surface area (Å²) in [6.07, 6.45) is 0. The molecule has 0 amide bonds. The highest BCUT2D eigenvalue weighted by Gasteiger charge is 2.08. The Hall–Kier alpha value is -1.87. The molecule has 0 fully saturated rings. The van der Waals surface area contributed by atoms with E-state index in [1.165, 1.54) is 12.1 Å². The van der Waals surface area contributed by atoms with Gasteiger partial charge in [-0.3, -0.25) is 0 Å². The van der Waals surface area contributed by atoms with Crippen LogP contribution >= 0.6 is 0 Å². The summed E-state index contributed by atoms with van der Waals surface area (Å²) in [5.41, 5.74) is 0.273. The lowest BCUT2D eigenvalue weighted by Gasteiger charge is -1.95. The summed E-state index contributed by atoms with van der Waals surface area (Å²) in [5.74, 6) is -0.566. The van der Waals surface area contributed by atoms with E-state index in [2.05, 4.69) is 9.69 Å². The van der Waals surface area contributed by atoms with Crippen molar-refractivity contribution < 1.29 is 4.39 Å². The summed E-state index contributed by atoms with van der Waals surface area (Å²) in [6, 6.07) is 4.49. The molecule has 0 aliphatic carbocycles. The monoisotopic (exact) mass is 160 g/mol. The lowest BCUT2D eigenvalue weighted by molar-refractivity contribution is 0.620. The molecule has 0 unspecified atom stereocenters. The standard InChI is InChI=1S/C9H5FN2/c1-11-6-7-4-3-5-8(12-2)9(7)10/h3-5H,6H2. The minimum atomic E-state index is -0.566. The van der Waals surface area contributed by atoms with E-state index in [0.29, 0.717) is 5.56 Å². The molecule has 1 aromatic rings. The van der Waals surface area contributed by atoms with Gasteiger partial charge in [0.15, 0.2) is 0 Å². The Kier molecular flexibility index (Phi) is 2.40. The fourth-order valence-corrected chi connectivity index (χ4v) is 0.860. The molecule has 0 aliphatic heterocycles. The first-order valence-electron chi connectivity index (χ1n) is 3.27. The maximum absolute atomic E-state index is 13.1. The van der Waals surface area contributed by atoms with E-state index in [1.807, 2.05) is 0 Å². The maximum atomic E-state index is 13.1. The van der Waals surface area contributed by atoms with Crippen LogP contribution in [-0.2, 0) is 6.54 Å². The van der Waals surface area contributed by atoms with Gasteiger partial charge < -0.3 is 4.85 Å². The highest BCUT2D eigenvalue weighted by molar-refractivity contribution is 5.48. The molecule has 0 atom stereocenters. The summed E-state index contributed by atoms with van der Waals surface area (Å²) in [5, 5.41) is 0. The molecule has 0 radical (unpaired) electrons. The Labute approximate surface area is 69.9 Å². The van der Waals surface area contributed by atoms with Gasteiger partial charge in [-0.2, -0.15) is 0 Å². The zero-order valence-corrected chi connectivity index (χ0v) is 6.21. The van der Waals surface area contributed by atoms with Crippen LogP contribution in [0, 0.1) is 19.0 Å². The van der Waals surface area contributed by atoms with Crippen LogP contribution in [-0.4, -0.2) is 0 Å². The number of hydrogen-bond donors (Lipinski definition) is 0. The fourth-order valence-electron chi connectivity index (χ4n) is 0.860. The van der Waals surface area contributed by atoms with Gasteiger partial charge in [-0.1, -0.05) is 18.2 Å². The zero-order chi connectivity index (χ0) is 8.97. The summed E-state index contributed by atoms with van der Waals surface area (Å²) < 4.78 is 13.1. The smallest absolute Gasteiger partial charge is 0.241 e. The SMILES string of the molecule is [C-]#[N+]Cc1cccc([N+]#[C-])c1F. The molecule has 3 heteroatoms. The van der Waals surface area contributed by atoms with Gasteiger partial charge in [0.2, 0.25) is 12.2 Å². The first kappa shape index (κ1) is 8.23. The Morgan fingerprint density at radius 3 is 2.67 bits per heavy atom. The Morgan fingerprint density at radius 1 is 1.33 bits per heavy atom. The van der Waals surface area contributed by atoms with Crippen LogP contribution in [0.15, 0.2) is 18.2 Å². The molecule has 0 N–H and O–H groups in total. The first-order valence-corrected chi connectivity index (χ1v) is 3.27. The second-order valence-electron chi connectivity index (χ2n) is 2.18. The number of rotatable bonds is 1. The first-order chi connectivity index (χ1) is 5.79. The maximum Gasteiger partial charge on any atom is 0.241 e. The molecule has 0 heterocycles. The molecule has 2 nitrogen and oxygen atoms in total. The lowest BCUT2D eigenvalue weighted by atomic mass is 10.2. The number of hydrogen-bond acceptors (Lipinski definition) is 0. The largest absolute Gasteiger partial charge is 0.312 e. The van der Waals surface area contributed by atoms with Gasteiger partial charge in [0.1, 0.15) is 5.82 Å². The van der Waals surface area contributed by atoms with Crippen LogP contribution in [0.4, 0.5) is 10.1 Å². The predicted molar refractivity (Wildman–Crippen MR) is 43.0 cm³/mol. The molecule has 1 rings (SSSR count). The van der Waals surface area contributed by atoms with Crippen LogP contribution in [0.25, 0.3) is 9.69 Å². The van der Waals surface area contributed by atoms with E-state index in [1.54, 1.807) is 6.07 Å². The average Bonchev–Trinajstić information content (AvgIpc) is 2.09. The summed E-state index contributed by atoms with van der Waals surface area (Å²) >= 11 is 0. The lowest BCUT2D eigenvalue weighted by Crippen LogP contribution is -1.85. The summed E-state index contributed by atoms with van der Waals surface area (Å²) in [4.78, 5) is 6.03. The fraction of sp³-hybridized carbons (Fsp3) is 0.111. The predicted octanol–water partition coefficient (Wildman–Crippen LogP) is 2.80. The minimum Gasteiger partial charge on any atom is -0.312 e. The molecule has 0 aromatic heterocycles. The van der Waals surface area contributed by atoms with E-state index >= 15 is 0 Å². The van der Waals surface area contributed by atoms with Gasteiger partial charge in [-0.25, -0.2) is 15.8 Å². The van der Waals surface area contributed by atoms with Gasteiger partial charge >= 0.3 is 0 Å². The number of nitrogens with zero attached hydrogens (tertiary/aromatic N) is 2. The van der Waals surface area contributed by atoms with Crippen LogP contribution < -0.4 is 0 Å². The van der Waals surface area contributed by atoms with Gasteiger partial charge in [0, 0.05) is 0 Å². The minimum absolute atomic E-state index is 0.00477. The van der Waals surface area contributed by atoms with Gasteiger partial charge in [-0.15, -0.1) is 0 Å². The van der Waals surface area contributed by atoms with Crippen molar-refractivity contribution in [3.8, 4) is 0 Å². The quantitative estimate of drug-likeness (QED) is 0.558. The molecule has 1 aromatic carbocycles. The van der Waals surface area contributed by atoms with Crippen molar-refractivity contribution in [2.75, 3.05) is 0 Å². The van der Waals surface area contributed by atoms with Gasteiger partial charge in [0.05, 0.1) is 12.1 Å².